The highest BCUT2D eigenvalue weighted by Gasteiger charge is 2.13. The van der Waals surface area contributed by atoms with E-state index in [2.05, 4.69) is 4.52 Å². The van der Waals surface area contributed by atoms with Crippen molar-refractivity contribution in [1.29, 1.82) is 0 Å². The topological polar surface area (TPSA) is 46.5 Å². The maximum atomic E-state index is 11.3. The third kappa shape index (κ3) is 6.08. The zero-order chi connectivity index (χ0) is 5.91. The lowest BCUT2D eigenvalue weighted by Gasteiger charge is -1.95. The lowest BCUT2D eigenvalue weighted by atomic mass is 10.9. The van der Waals surface area contributed by atoms with Crippen LogP contribution in [-0.2, 0) is 9.09 Å². The van der Waals surface area contributed by atoms with Crippen molar-refractivity contribution in [2.75, 3.05) is 6.61 Å². The van der Waals surface area contributed by atoms with Crippen LogP contribution < -0.4 is 0 Å². The van der Waals surface area contributed by atoms with Gasteiger partial charge in [0, 0.05) is 0 Å². The van der Waals surface area contributed by atoms with E-state index in [1.165, 1.54) is 6.92 Å². The first kappa shape index (κ1) is 7.08. The van der Waals surface area contributed by atoms with Crippen molar-refractivity contribution in [1.82, 2.24) is 0 Å². The van der Waals surface area contributed by atoms with Gasteiger partial charge in [0.05, 0.1) is 6.61 Å². The molecule has 0 aromatic heterocycles. The summed E-state index contributed by atoms with van der Waals surface area (Å²) >= 11 is 0. The molecule has 0 aliphatic carbocycles. The van der Waals surface area contributed by atoms with Crippen LogP contribution in [0.1, 0.15) is 6.92 Å². The first-order chi connectivity index (χ1) is 3.06. The van der Waals surface area contributed by atoms with Gasteiger partial charge in [0.1, 0.15) is 0 Å². The minimum Gasteiger partial charge on any atom is -0.299 e. The van der Waals surface area contributed by atoms with Gasteiger partial charge in [-0.05, 0) is 6.92 Å². The summed E-state index contributed by atoms with van der Waals surface area (Å²) in [6.45, 7) is 1.35. The van der Waals surface area contributed by atoms with Gasteiger partial charge in [0.25, 0.3) is 0 Å². The van der Waals surface area contributed by atoms with E-state index in [1.807, 2.05) is 0 Å². The minimum atomic E-state index is -4.67. The molecule has 0 rings (SSSR count). The second-order valence-corrected chi connectivity index (χ2v) is 2.03. The van der Waals surface area contributed by atoms with Crippen LogP contribution in [0.3, 0.4) is 0 Å². The molecule has 0 heterocycles. The molecule has 0 aliphatic heterocycles. The molecule has 0 saturated carbocycles. The van der Waals surface area contributed by atoms with Gasteiger partial charge in [-0.1, -0.05) is 0 Å². The zero-order valence-corrected chi connectivity index (χ0v) is 4.69. The highest BCUT2D eigenvalue weighted by Crippen LogP contribution is 2.42. The van der Waals surface area contributed by atoms with Gasteiger partial charge in [-0.25, -0.2) is 4.57 Å². The molecule has 0 aromatic rings. The highest BCUT2D eigenvalue weighted by molar-refractivity contribution is 7.46. The van der Waals surface area contributed by atoms with Crippen LogP contribution >= 0.6 is 7.91 Å². The van der Waals surface area contributed by atoms with Crippen LogP contribution in [0, 0.1) is 0 Å². The van der Waals surface area contributed by atoms with E-state index in [0.29, 0.717) is 0 Å². The van der Waals surface area contributed by atoms with Crippen LogP contribution in [-0.4, -0.2) is 11.5 Å². The quantitative estimate of drug-likeness (QED) is 0.566. The Morgan fingerprint density at radius 2 is 2.43 bits per heavy atom. The molecule has 0 bridgehead atoms. The Morgan fingerprint density at radius 1 is 2.00 bits per heavy atom. The van der Waals surface area contributed by atoms with Crippen molar-refractivity contribution < 1.29 is 18.2 Å². The summed E-state index contributed by atoms with van der Waals surface area (Å²) in [7, 11) is -4.67. The largest absolute Gasteiger partial charge is 0.510 e. The predicted molar refractivity (Wildman–Crippen MR) is 22.6 cm³/mol. The van der Waals surface area contributed by atoms with Gasteiger partial charge in [-0.15, -0.1) is 4.20 Å². The monoisotopic (exact) mass is 128 g/mol. The fourth-order valence-electron chi connectivity index (χ4n) is 0.159. The fraction of sp³-hybridized carbons (Fsp3) is 1.00. The summed E-state index contributed by atoms with van der Waals surface area (Å²) in [6, 6.07) is 0. The van der Waals surface area contributed by atoms with Crippen molar-refractivity contribution in [3.05, 3.63) is 0 Å². The molecule has 0 fully saturated rings. The SMILES string of the molecule is CCOP(=O)(O)F. The first-order valence-electron chi connectivity index (χ1n) is 1.73. The van der Waals surface area contributed by atoms with Crippen LogP contribution in [0.2, 0.25) is 0 Å². The zero-order valence-electron chi connectivity index (χ0n) is 3.80. The Morgan fingerprint density at radius 3 is 2.43 bits per heavy atom. The molecule has 0 saturated heterocycles. The van der Waals surface area contributed by atoms with E-state index in [0.717, 1.165) is 0 Å². The number of halogens is 1. The van der Waals surface area contributed by atoms with Gasteiger partial charge >= 0.3 is 7.91 Å². The molecular weight excluding hydrogens is 122 g/mol. The van der Waals surface area contributed by atoms with Crippen molar-refractivity contribution in [2.45, 2.75) is 6.92 Å². The Labute approximate surface area is 40.8 Å². The second kappa shape index (κ2) is 2.40. The Balaban J connectivity index is 3.36. The van der Waals surface area contributed by atoms with E-state index < -0.39 is 7.91 Å². The molecule has 3 nitrogen and oxygen atoms in total. The van der Waals surface area contributed by atoms with E-state index >= 15 is 0 Å². The van der Waals surface area contributed by atoms with Crippen molar-refractivity contribution >= 4 is 7.91 Å². The molecule has 5 heteroatoms. The molecule has 0 aliphatic rings. The summed E-state index contributed by atoms with van der Waals surface area (Å²) in [6.07, 6.45) is 0. The van der Waals surface area contributed by atoms with Gasteiger partial charge < -0.3 is 0 Å². The highest BCUT2D eigenvalue weighted by atomic mass is 31.2. The molecule has 0 amide bonds. The lowest BCUT2D eigenvalue weighted by molar-refractivity contribution is 0.238. The molecule has 1 N–H and O–H groups in total. The van der Waals surface area contributed by atoms with Crippen LogP contribution in [0.15, 0.2) is 0 Å². The molecule has 0 spiro atoms. The number of hydrogen-bond acceptors (Lipinski definition) is 2. The predicted octanol–water partition coefficient (Wildman–Crippen LogP) is 1.09. The smallest absolute Gasteiger partial charge is 0.299 e. The lowest BCUT2D eigenvalue weighted by Crippen LogP contribution is -1.80. The van der Waals surface area contributed by atoms with Gasteiger partial charge in [-0.2, -0.15) is 0 Å². The minimum absolute atomic E-state index is 0.0791. The Bertz CT molecular complexity index is 86.9. The van der Waals surface area contributed by atoms with Crippen LogP contribution in [0.4, 0.5) is 4.20 Å². The maximum Gasteiger partial charge on any atom is 0.510 e. The first-order valence-corrected chi connectivity index (χ1v) is 3.20. The normalized spacial score (nSPS) is 18.7. The van der Waals surface area contributed by atoms with Crippen molar-refractivity contribution in [3.63, 3.8) is 0 Å². The molecule has 0 radical (unpaired) electrons. The van der Waals surface area contributed by atoms with Crippen molar-refractivity contribution in [3.8, 4) is 0 Å². The average Bonchev–Trinajstić information content (AvgIpc) is 1.30. The molecule has 1 atom stereocenters. The van der Waals surface area contributed by atoms with Gasteiger partial charge in [0.15, 0.2) is 0 Å². The Hall–Kier alpha value is 0.0800. The van der Waals surface area contributed by atoms with Gasteiger partial charge in [-0.3, -0.25) is 9.42 Å². The maximum absolute atomic E-state index is 11.3. The second-order valence-electron chi connectivity index (χ2n) is 0.869. The summed E-state index contributed by atoms with van der Waals surface area (Å²) < 4.78 is 24.4. The van der Waals surface area contributed by atoms with E-state index in [9.17, 15) is 8.76 Å². The third-order valence-corrected chi connectivity index (χ3v) is 0.865. The number of rotatable bonds is 2. The molecule has 1 unspecified atom stereocenters. The molecular formula is C2H6FO3P. The molecule has 7 heavy (non-hydrogen) atoms. The number of hydrogen-bond donors (Lipinski definition) is 1. The van der Waals surface area contributed by atoms with E-state index in [4.69, 9.17) is 4.89 Å². The molecule has 44 valence electrons. The summed E-state index contributed by atoms with van der Waals surface area (Å²) in [5.41, 5.74) is 0. The molecule has 0 aromatic carbocycles. The van der Waals surface area contributed by atoms with Crippen LogP contribution in [0.5, 0.6) is 0 Å². The van der Waals surface area contributed by atoms with E-state index in [1.54, 1.807) is 0 Å². The summed E-state index contributed by atoms with van der Waals surface area (Å²) in [4.78, 5) is 7.68. The van der Waals surface area contributed by atoms with Gasteiger partial charge in [0.2, 0.25) is 0 Å². The summed E-state index contributed by atoms with van der Waals surface area (Å²) in [5, 5.41) is 0. The van der Waals surface area contributed by atoms with Crippen LogP contribution in [0.25, 0.3) is 0 Å². The fourth-order valence-corrected chi connectivity index (χ4v) is 0.478. The third-order valence-electron chi connectivity index (χ3n) is 0.288. The standard InChI is InChI=1S/C2H6FO3P/c1-2-6-7(3,4)5/h2H2,1H3,(H,4,5). The van der Waals surface area contributed by atoms with E-state index in [-0.39, 0.29) is 6.61 Å². The Kier molecular flexibility index (Phi) is 2.43. The summed E-state index contributed by atoms with van der Waals surface area (Å²) in [5.74, 6) is 0. The average molecular weight is 128 g/mol. The van der Waals surface area contributed by atoms with Crippen molar-refractivity contribution in [2.24, 2.45) is 0 Å².